The van der Waals surface area contributed by atoms with Gasteiger partial charge in [-0.15, -0.1) is 0 Å². The second-order valence-corrected chi connectivity index (χ2v) is 8.45. The summed E-state index contributed by atoms with van der Waals surface area (Å²) in [4.78, 5) is 0. The van der Waals surface area contributed by atoms with E-state index in [4.69, 9.17) is 9.47 Å². The van der Waals surface area contributed by atoms with E-state index < -0.39 is 6.97 Å². The normalized spacial score (nSPS) is 17.3. The molecule has 1 aromatic heterocycles. The molecule has 4 nitrogen and oxygen atoms in total. The lowest BCUT2D eigenvalue weighted by molar-refractivity contribution is -0.358. The van der Waals surface area contributed by atoms with E-state index in [9.17, 15) is 0 Å². The fourth-order valence-corrected chi connectivity index (χ4v) is 5.09. The lowest BCUT2D eigenvalue weighted by Crippen LogP contribution is -2.50. The van der Waals surface area contributed by atoms with Crippen molar-refractivity contribution >= 4 is 65.0 Å². The highest BCUT2D eigenvalue weighted by atomic mass is 79.9. The number of hydrogen-bond donors (Lipinski definition) is 0. The van der Waals surface area contributed by atoms with E-state index in [-0.39, 0.29) is 0 Å². The van der Waals surface area contributed by atoms with Crippen molar-refractivity contribution in [2.24, 2.45) is 0 Å². The van der Waals surface area contributed by atoms with Gasteiger partial charge in [0.15, 0.2) is 5.70 Å². The predicted molar refractivity (Wildman–Crippen MR) is 112 cm³/mol. The molecule has 0 amide bonds. The Hall–Kier alpha value is -1.39. The van der Waals surface area contributed by atoms with E-state index >= 15 is 8.63 Å². The van der Waals surface area contributed by atoms with Gasteiger partial charge in [-0.2, -0.15) is 0 Å². The quantitative estimate of drug-likeness (QED) is 0.467. The van der Waals surface area contributed by atoms with Crippen LogP contribution in [-0.4, -0.2) is 34.8 Å². The highest BCUT2D eigenvalue weighted by molar-refractivity contribution is 9.18. The van der Waals surface area contributed by atoms with Crippen molar-refractivity contribution in [2.45, 2.75) is 0 Å². The van der Waals surface area contributed by atoms with Crippen LogP contribution in [0.2, 0.25) is 0 Å². The maximum atomic E-state index is 15.3. The van der Waals surface area contributed by atoms with Gasteiger partial charge < -0.3 is 27.1 Å². The number of benzene rings is 1. The number of rotatable bonds is 3. The van der Waals surface area contributed by atoms with Crippen molar-refractivity contribution in [1.82, 2.24) is 4.48 Å². The molecule has 1 aromatic carbocycles. The highest BCUT2D eigenvalue weighted by Crippen LogP contribution is 2.46. The third-order valence-corrected chi connectivity index (χ3v) is 6.53. The van der Waals surface area contributed by atoms with Crippen LogP contribution in [0.5, 0.6) is 11.5 Å². The van der Waals surface area contributed by atoms with Gasteiger partial charge >= 0.3 is 6.97 Å². The third kappa shape index (κ3) is 2.67. The third-order valence-electron chi connectivity index (χ3n) is 4.61. The number of aromatic nitrogens is 1. The summed E-state index contributed by atoms with van der Waals surface area (Å²) < 4.78 is 44.9. The number of hydrogen-bond acceptors (Lipinski definition) is 2. The predicted octanol–water partition coefficient (Wildman–Crippen LogP) is 5.40. The summed E-state index contributed by atoms with van der Waals surface area (Å²) in [6.45, 7) is -4.06. The van der Waals surface area contributed by atoms with Crippen LogP contribution < -0.4 is 9.47 Å². The molecule has 0 unspecified atom stereocenters. The minimum atomic E-state index is -4.06. The van der Waals surface area contributed by atoms with Crippen LogP contribution in [0.3, 0.4) is 0 Å². The minimum absolute atomic E-state index is 0.300. The molecule has 3 heterocycles. The van der Waals surface area contributed by atoms with E-state index in [2.05, 4.69) is 47.8 Å². The molecule has 0 atom stereocenters. The monoisotopic (exact) mass is 562 g/mol. The summed E-state index contributed by atoms with van der Waals surface area (Å²) in [5.41, 5.74) is 2.07. The first kappa shape index (κ1) is 19.0. The van der Waals surface area contributed by atoms with Crippen molar-refractivity contribution in [1.29, 1.82) is 0 Å². The molecular weight excluding hydrogens is 553 g/mol. The van der Waals surface area contributed by atoms with Crippen LogP contribution in [0.4, 0.5) is 8.63 Å². The number of fused-ring (bicyclic) bond motifs is 2. The number of methoxy groups -OCH3 is 2. The second-order valence-electron chi connectivity index (χ2n) is 5.97. The molecule has 2 aliphatic rings. The Labute approximate surface area is 179 Å². The molecule has 0 aliphatic carbocycles. The van der Waals surface area contributed by atoms with Gasteiger partial charge in [-0.05, 0) is 56.1 Å². The van der Waals surface area contributed by atoms with Gasteiger partial charge in [0.25, 0.3) is 0 Å². The minimum Gasteiger partial charge on any atom is -0.496 e. The number of nitrogens with zero attached hydrogens (tertiary/aromatic N) is 2. The van der Waals surface area contributed by atoms with Crippen LogP contribution >= 0.6 is 47.8 Å². The Morgan fingerprint density at radius 2 is 1.70 bits per heavy atom. The molecule has 27 heavy (non-hydrogen) atoms. The average Bonchev–Trinajstić information content (AvgIpc) is 3.20. The van der Waals surface area contributed by atoms with Gasteiger partial charge in [-0.3, -0.25) is 0 Å². The lowest BCUT2D eigenvalue weighted by Gasteiger charge is -2.32. The fourth-order valence-electron chi connectivity index (χ4n) is 3.46. The average molecular weight is 565 g/mol. The van der Waals surface area contributed by atoms with Crippen LogP contribution in [-0.2, 0) is 0 Å². The Morgan fingerprint density at radius 1 is 1.00 bits per heavy atom. The molecule has 2 aliphatic heterocycles. The zero-order valence-corrected chi connectivity index (χ0v) is 18.9. The van der Waals surface area contributed by atoms with Crippen molar-refractivity contribution < 1.29 is 22.6 Å². The maximum absolute atomic E-state index is 15.3. The Kier molecular flexibility index (Phi) is 4.63. The first-order chi connectivity index (χ1) is 12.8. The SMILES string of the molecule is COc1cc(C2=C3C=CC(Br)=[N+]3[B-](F)(F)n3c(Br)ccc32)c(OC)cc1Br. The van der Waals surface area contributed by atoms with Gasteiger partial charge in [-0.25, -0.2) is 0 Å². The zero-order chi connectivity index (χ0) is 19.5. The summed E-state index contributed by atoms with van der Waals surface area (Å²) in [5, 5.41) is 0. The van der Waals surface area contributed by atoms with Gasteiger partial charge in [-0.1, -0.05) is 0 Å². The molecular formula is C17H12BBr3F2N2O2. The second kappa shape index (κ2) is 6.60. The fraction of sp³-hybridized carbons (Fsp3) is 0.118. The Balaban J connectivity index is 2.12. The van der Waals surface area contributed by atoms with Gasteiger partial charge in [0.05, 0.1) is 28.9 Å². The highest BCUT2D eigenvalue weighted by Gasteiger charge is 2.54. The number of allylic oxidation sites excluding steroid dienone is 2. The van der Waals surface area contributed by atoms with Crippen LogP contribution in [0.15, 0.2) is 51.2 Å². The summed E-state index contributed by atoms with van der Waals surface area (Å²) >= 11 is 9.96. The molecule has 10 heteroatoms. The maximum Gasteiger partial charge on any atom is 0.738 e. The van der Waals surface area contributed by atoms with Crippen molar-refractivity contribution in [3.8, 4) is 11.5 Å². The van der Waals surface area contributed by atoms with Crippen molar-refractivity contribution in [3.63, 3.8) is 0 Å². The van der Waals surface area contributed by atoms with E-state index in [0.29, 0.717) is 47.7 Å². The summed E-state index contributed by atoms with van der Waals surface area (Å²) in [6, 6.07) is 6.84. The van der Waals surface area contributed by atoms with Crippen molar-refractivity contribution in [3.05, 3.63) is 62.4 Å². The van der Waals surface area contributed by atoms with Gasteiger partial charge in [0.2, 0.25) is 4.62 Å². The van der Waals surface area contributed by atoms with Gasteiger partial charge in [0.1, 0.15) is 11.5 Å². The molecule has 140 valence electrons. The first-order valence-electron chi connectivity index (χ1n) is 7.87. The smallest absolute Gasteiger partial charge is 0.496 e. The van der Waals surface area contributed by atoms with E-state index in [1.54, 1.807) is 50.6 Å². The summed E-state index contributed by atoms with van der Waals surface area (Å²) in [6.07, 6.45) is 3.29. The van der Waals surface area contributed by atoms with E-state index in [1.807, 2.05) is 0 Å². The standard InChI is InChI=1S/C17H12BBr3F2N2O2/c1-26-13-8-10(19)14(27-2)7-9(13)17-11-3-5-15(20)24(11)18(22,23)25-12(17)4-6-16(25)21/h3-8H,1-2H3. The first-order valence-corrected chi connectivity index (χ1v) is 10.2. The summed E-state index contributed by atoms with van der Waals surface area (Å²) in [7, 11) is 3.10. The van der Waals surface area contributed by atoms with Gasteiger partial charge in [0, 0.05) is 39.3 Å². The molecule has 0 saturated carbocycles. The number of ether oxygens (including phenoxy) is 2. The van der Waals surface area contributed by atoms with Crippen molar-refractivity contribution in [2.75, 3.05) is 14.2 Å². The molecule has 0 radical (unpaired) electrons. The van der Waals surface area contributed by atoms with Crippen LogP contribution in [0, 0.1) is 0 Å². The molecule has 0 N–H and O–H groups in total. The summed E-state index contributed by atoms with van der Waals surface area (Å²) in [5.74, 6) is 1.12. The molecule has 0 spiro atoms. The Bertz CT molecular complexity index is 1080. The zero-order valence-electron chi connectivity index (χ0n) is 14.1. The molecule has 0 saturated heterocycles. The lowest BCUT2D eigenvalue weighted by atomic mass is 9.86. The largest absolute Gasteiger partial charge is 0.738 e. The van der Waals surface area contributed by atoms with E-state index in [0.717, 1.165) is 8.96 Å². The molecule has 4 rings (SSSR count). The van der Waals surface area contributed by atoms with Crippen LogP contribution in [0.25, 0.3) is 5.57 Å². The molecule has 0 bridgehead atoms. The topological polar surface area (TPSA) is 26.4 Å². The van der Waals surface area contributed by atoms with Crippen LogP contribution in [0.1, 0.15) is 11.3 Å². The molecule has 0 fully saturated rings. The Morgan fingerprint density at radius 3 is 2.37 bits per heavy atom. The molecule has 2 aromatic rings. The van der Waals surface area contributed by atoms with E-state index in [1.165, 1.54) is 0 Å². The number of halogens is 5.